The number of hydrogen-bond donors (Lipinski definition) is 4. The van der Waals surface area contributed by atoms with Crippen molar-refractivity contribution >= 4 is 28.8 Å². The van der Waals surface area contributed by atoms with Gasteiger partial charge in [0.2, 0.25) is 11.8 Å². The first-order valence-electron chi connectivity index (χ1n) is 11.0. The monoisotopic (exact) mass is 450 g/mol. The highest BCUT2D eigenvalue weighted by molar-refractivity contribution is 5.92. The maximum atomic E-state index is 13.1. The zero-order valence-corrected chi connectivity index (χ0v) is 18.8. The summed E-state index contributed by atoms with van der Waals surface area (Å²) in [5.74, 6) is -1.32. The Hall–Kier alpha value is -3.81. The minimum atomic E-state index is -0.926. The van der Waals surface area contributed by atoms with Crippen molar-refractivity contribution in [1.29, 1.82) is 0 Å². The van der Waals surface area contributed by atoms with Crippen LogP contribution in [0.3, 0.4) is 0 Å². The minimum Gasteiger partial charge on any atom is -0.445 e. The number of carbonyl (C=O) groups is 3. The molecule has 3 amide bonds. The predicted octanol–water partition coefficient (Wildman–Crippen LogP) is 3.02. The topological polar surface area (TPSA) is 126 Å². The molecule has 2 aromatic carbocycles. The van der Waals surface area contributed by atoms with E-state index in [0.717, 1.165) is 22.0 Å². The number of aromatic nitrogens is 1. The maximum Gasteiger partial charge on any atom is 0.408 e. The molecule has 33 heavy (non-hydrogen) atoms. The van der Waals surface area contributed by atoms with Gasteiger partial charge in [0.25, 0.3) is 0 Å². The summed E-state index contributed by atoms with van der Waals surface area (Å²) >= 11 is 0. The first-order valence-corrected chi connectivity index (χ1v) is 11.0. The molecule has 1 heterocycles. The van der Waals surface area contributed by atoms with E-state index in [1.54, 1.807) is 6.20 Å². The Kier molecular flexibility index (Phi) is 8.07. The summed E-state index contributed by atoms with van der Waals surface area (Å²) in [6.45, 7) is 3.85. The molecule has 3 rings (SSSR count). The molecule has 8 nitrogen and oxygen atoms in total. The van der Waals surface area contributed by atoms with Crippen LogP contribution in [-0.2, 0) is 27.4 Å². The number of para-hydroxylation sites is 1. The van der Waals surface area contributed by atoms with Gasteiger partial charge in [0, 0.05) is 23.5 Å². The summed E-state index contributed by atoms with van der Waals surface area (Å²) in [7, 11) is 0. The molecule has 0 aliphatic heterocycles. The summed E-state index contributed by atoms with van der Waals surface area (Å²) in [6, 6.07) is 15.1. The Balaban J connectivity index is 1.66. The second-order valence-corrected chi connectivity index (χ2v) is 8.10. The first-order chi connectivity index (χ1) is 15.9. The lowest BCUT2D eigenvalue weighted by atomic mass is 9.97. The average molecular weight is 451 g/mol. The van der Waals surface area contributed by atoms with Crippen molar-refractivity contribution < 1.29 is 19.1 Å². The standard InChI is InChI=1S/C25H30N4O4/c1-3-16(2)22(29-25(32)33-15-17-9-5-4-6-10-17)24(31)28-21(23(26)30)13-18-14-27-20-12-8-7-11-19(18)20/h4-12,14,16,21-22,27H,3,13,15H2,1-2H3,(H2,26,30)(H,28,31)(H,29,32)/t16-,21+,22-/m1/s1. The third-order valence-corrected chi connectivity index (χ3v) is 5.74. The SMILES string of the molecule is CC[C@@H](C)[C@@H](NC(=O)OCc1ccccc1)C(=O)N[C@@H](Cc1c[nH]c2ccccc12)C(N)=O. The van der Waals surface area contributed by atoms with Gasteiger partial charge in [-0.05, 0) is 23.1 Å². The number of carbonyl (C=O) groups excluding carboxylic acids is 3. The van der Waals surface area contributed by atoms with Crippen molar-refractivity contribution in [1.82, 2.24) is 15.6 Å². The molecular formula is C25H30N4O4. The van der Waals surface area contributed by atoms with E-state index >= 15 is 0 Å². The molecule has 1 aromatic heterocycles. The highest BCUT2D eigenvalue weighted by Crippen LogP contribution is 2.19. The van der Waals surface area contributed by atoms with E-state index in [9.17, 15) is 14.4 Å². The summed E-state index contributed by atoms with van der Waals surface area (Å²) in [6.07, 6.45) is 1.97. The molecule has 0 saturated carbocycles. The quantitative estimate of drug-likeness (QED) is 0.379. The van der Waals surface area contributed by atoms with Crippen molar-refractivity contribution in [3.63, 3.8) is 0 Å². The Morgan fingerprint density at radius 3 is 2.42 bits per heavy atom. The summed E-state index contributed by atoms with van der Waals surface area (Å²) in [5, 5.41) is 6.31. The van der Waals surface area contributed by atoms with Gasteiger partial charge in [0.15, 0.2) is 0 Å². The van der Waals surface area contributed by atoms with Gasteiger partial charge in [0.05, 0.1) is 0 Å². The number of nitrogens with two attached hydrogens (primary N) is 1. The van der Waals surface area contributed by atoms with Gasteiger partial charge in [-0.1, -0.05) is 68.8 Å². The number of benzene rings is 2. The lowest BCUT2D eigenvalue weighted by Gasteiger charge is -2.25. The van der Waals surface area contributed by atoms with E-state index < -0.39 is 30.0 Å². The van der Waals surface area contributed by atoms with Crippen LogP contribution in [0.1, 0.15) is 31.4 Å². The van der Waals surface area contributed by atoms with E-state index in [1.807, 2.05) is 68.4 Å². The highest BCUT2D eigenvalue weighted by Gasteiger charge is 2.30. The van der Waals surface area contributed by atoms with Crippen LogP contribution < -0.4 is 16.4 Å². The molecule has 174 valence electrons. The number of primary amides is 1. The molecule has 0 aliphatic rings. The molecule has 0 fully saturated rings. The Morgan fingerprint density at radius 1 is 1.03 bits per heavy atom. The lowest BCUT2D eigenvalue weighted by molar-refractivity contribution is -0.129. The number of hydrogen-bond acceptors (Lipinski definition) is 4. The molecule has 0 unspecified atom stereocenters. The van der Waals surface area contributed by atoms with E-state index in [-0.39, 0.29) is 18.9 Å². The Bertz CT molecular complexity index is 1100. The minimum absolute atomic E-state index is 0.0893. The Morgan fingerprint density at radius 2 is 1.73 bits per heavy atom. The number of H-pyrrole nitrogens is 1. The molecular weight excluding hydrogens is 420 g/mol. The summed E-state index contributed by atoms with van der Waals surface area (Å²) in [4.78, 5) is 40.7. The van der Waals surface area contributed by atoms with Crippen molar-refractivity contribution in [3.8, 4) is 0 Å². The van der Waals surface area contributed by atoms with E-state index in [1.165, 1.54) is 0 Å². The number of aromatic amines is 1. The molecule has 0 radical (unpaired) electrons. The van der Waals surface area contributed by atoms with Gasteiger partial charge < -0.3 is 26.1 Å². The van der Waals surface area contributed by atoms with Crippen LogP contribution in [0.5, 0.6) is 0 Å². The van der Waals surface area contributed by atoms with Crippen molar-refractivity contribution in [2.75, 3.05) is 0 Å². The first kappa shape index (κ1) is 23.8. The predicted molar refractivity (Wildman–Crippen MR) is 126 cm³/mol. The fourth-order valence-electron chi connectivity index (χ4n) is 3.60. The lowest BCUT2D eigenvalue weighted by Crippen LogP contribution is -2.55. The molecule has 0 bridgehead atoms. The molecule has 0 aliphatic carbocycles. The fraction of sp³-hybridized carbons (Fsp3) is 0.320. The summed E-state index contributed by atoms with van der Waals surface area (Å²) < 4.78 is 5.26. The van der Waals surface area contributed by atoms with Crippen molar-refractivity contribution in [3.05, 3.63) is 71.9 Å². The molecule has 8 heteroatoms. The number of ether oxygens (including phenoxy) is 1. The third-order valence-electron chi connectivity index (χ3n) is 5.74. The molecule has 0 spiro atoms. The van der Waals surface area contributed by atoms with Gasteiger partial charge in [-0.2, -0.15) is 0 Å². The van der Waals surface area contributed by atoms with Crippen LogP contribution in [0.25, 0.3) is 10.9 Å². The van der Waals surface area contributed by atoms with E-state index in [0.29, 0.717) is 6.42 Å². The average Bonchev–Trinajstić information content (AvgIpc) is 3.23. The molecule has 3 atom stereocenters. The van der Waals surface area contributed by atoms with Crippen LogP contribution >= 0.6 is 0 Å². The zero-order chi connectivity index (χ0) is 23.8. The largest absolute Gasteiger partial charge is 0.445 e. The number of alkyl carbamates (subject to hydrolysis) is 1. The van der Waals surface area contributed by atoms with Gasteiger partial charge >= 0.3 is 6.09 Å². The number of fused-ring (bicyclic) bond motifs is 1. The Labute approximate surface area is 192 Å². The molecule has 0 saturated heterocycles. The third kappa shape index (κ3) is 6.35. The normalized spacial score (nSPS) is 13.6. The van der Waals surface area contributed by atoms with Crippen LogP contribution in [-0.4, -0.2) is 35.0 Å². The van der Waals surface area contributed by atoms with E-state index in [4.69, 9.17) is 10.5 Å². The number of amides is 3. The smallest absolute Gasteiger partial charge is 0.408 e. The zero-order valence-electron chi connectivity index (χ0n) is 18.8. The van der Waals surface area contributed by atoms with Crippen LogP contribution in [0.15, 0.2) is 60.8 Å². The van der Waals surface area contributed by atoms with Crippen LogP contribution in [0.2, 0.25) is 0 Å². The van der Waals surface area contributed by atoms with Crippen molar-refractivity contribution in [2.45, 2.75) is 45.4 Å². The van der Waals surface area contributed by atoms with Crippen LogP contribution in [0.4, 0.5) is 4.79 Å². The second-order valence-electron chi connectivity index (χ2n) is 8.10. The second kappa shape index (κ2) is 11.2. The van der Waals surface area contributed by atoms with Gasteiger partial charge in [0.1, 0.15) is 18.7 Å². The van der Waals surface area contributed by atoms with E-state index in [2.05, 4.69) is 15.6 Å². The van der Waals surface area contributed by atoms with Crippen LogP contribution in [0, 0.1) is 5.92 Å². The number of rotatable bonds is 10. The fourth-order valence-corrected chi connectivity index (χ4v) is 3.60. The van der Waals surface area contributed by atoms with Crippen molar-refractivity contribution in [2.24, 2.45) is 11.7 Å². The number of nitrogens with one attached hydrogen (secondary N) is 3. The van der Waals surface area contributed by atoms with Gasteiger partial charge in [-0.15, -0.1) is 0 Å². The summed E-state index contributed by atoms with van der Waals surface area (Å²) in [5.41, 5.74) is 8.23. The molecule has 3 aromatic rings. The van der Waals surface area contributed by atoms with Gasteiger partial charge in [-0.25, -0.2) is 4.79 Å². The van der Waals surface area contributed by atoms with Gasteiger partial charge in [-0.3, -0.25) is 9.59 Å². The highest BCUT2D eigenvalue weighted by atomic mass is 16.5. The maximum absolute atomic E-state index is 13.1. The molecule has 5 N–H and O–H groups in total.